The monoisotopic (exact) mass is 448 g/mol. The van der Waals surface area contributed by atoms with E-state index in [2.05, 4.69) is 27.5 Å². The van der Waals surface area contributed by atoms with Crippen molar-refractivity contribution in [2.75, 3.05) is 17.2 Å². The molecule has 3 rings (SSSR count). The standard InChI is InChI=1S/C19H18Cl2N6OS/c1-3-9-23-19(29)25-12-7-8-13-16(14(12)17(22)28)27(2)18(24-13)26-15-10(20)5-4-6-11(15)21/h3-8H,1,9H2,2H3,(H2,22,28)(H,24,26)(H2,23,25,29). The number of primary amides is 1. The number of nitrogens with two attached hydrogens (primary N) is 1. The van der Waals surface area contributed by atoms with Gasteiger partial charge in [0.1, 0.15) is 0 Å². The molecule has 0 aliphatic carbocycles. The van der Waals surface area contributed by atoms with E-state index in [0.717, 1.165) is 0 Å². The molecule has 29 heavy (non-hydrogen) atoms. The van der Waals surface area contributed by atoms with E-state index >= 15 is 0 Å². The number of imidazole rings is 1. The molecule has 0 saturated carbocycles. The number of aromatic nitrogens is 2. The summed E-state index contributed by atoms with van der Waals surface area (Å²) in [7, 11) is 1.76. The summed E-state index contributed by atoms with van der Waals surface area (Å²) >= 11 is 17.7. The molecule has 0 saturated heterocycles. The van der Waals surface area contributed by atoms with Crippen LogP contribution in [0.15, 0.2) is 43.0 Å². The molecule has 150 valence electrons. The fraction of sp³-hybridized carbons (Fsp3) is 0.105. The third-order valence-corrected chi connectivity index (χ3v) is 5.01. The predicted octanol–water partition coefficient (Wildman–Crippen LogP) is 4.20. The van der Waals surface area contributed by atoms with Gasteiger partial charge in [0.15, 0.2) is 5.11 Å². The lowest BCUT2D eigenvalue weighted by molar-refractivity contribution is 0.100. The Hall–Kier alpha value is -2.81. The zero-order chi connectivity index (χ0) is 21.1. The van der Waals surface area contributed by atoms with Crippen molar-refractivity contribution < 1.29 is 4.79 Å². The fourth-order valence-electron chi connectivity index (χ4n) is 2.83. The van der Waals surface area contributed by atoms with E-state index < -0.39 is 5.91 Å². The maximum absolute atomic E-state index is 12.3. The lowest BCUT2D eigenvalue weighted by atomic mass is 10.1. The van der Waals surface area contributed by atoms with Crippen molar-refractivity contribution in [1.82, 2.24) is 14.9 Å². The van der Waals surface area contributed by atoms with Gasteiger partial charge in [-0.1, -0.05) is 35.3 Å². The minimum absolute atomic E-state index is 0.263. The molecule has 0 spiro atoms. The van der Waals surface area contributed by atoms with Gasteiger partial charge in [-0.05, 0) is 36.5 Å². The Morgan fingerprint density at radius 3 is 2.62 bits per heavy atom. The van der Waals surface area contributed by atoms with Crippen molar-refractivity contribution in [1.29, 1.82) is 0 Å². The number of nitrogens with one attached hydrogen (secondary N) is 3. The maximum Gasteiger partial charge on any atom is 0.253 e. The van der Waals surface area contributed by atoms with E-state index in [4.69, 9.17) is 41.2 Å². The van der Waals surface area contributed by atoms with Crippen LogP contribution in [0.4, 0.5) is 17.3 Å². The van der Waals surface area contributed by atoms with Gasteiger partial charge in [0.05, 0.1) is 38.0 Å². The van der Waals surface area contributed by atoms with Gasteiger partial charge in [0.2, 0.25) is 5.95 Å². The van der Waals surface area contributed by atoms with E-state index in [1.54, 1.807) is 48.0 Å². The van der Waals surface area contributed by atoms with Gasteiger partial charge in [-0.2, -0.15) is 0 Å². The second-order valence-corrected chi connectivity index (χ2v) is 7.28. The number of carbonyl (C=O) groups excluding carboxylic acids is 1. The van der Waals surface area contributed by atoms with Gasteiger partial charge in [0.25, 0.3) is 5.91 Å². The smallest absolute Gasteiger partial charge is 0.253 e. The van der Waals surface area contributed by atoms with Crippen LogP contribution >= 0.6 is 35.4 Å². The molecule has 0 bridgehead atoms. The largest absolute Gasteiger partial charge is 0.365 e. The average Bonchev–Trinajstić information content (AvgIpc) is 2.98. The Morgan fingerprint density at radius 1 is 1.31 bits per heavy atom. The number of hydrogen-bond acceptors (Lipinski definition) is 4. The summed E-state index contributed by atoms with van der Waals surface area (Å²) in [4.78, 5) is 16.8. The highest BCUT2D eigenvalue weighted by molar-refractivity contribution is 7.80. The maximum atomic E-state index is 12.3. The molecule has 5 N–H and O–H groups in total. The molecule has 3 aromatic rings. The van der Waals surface area contributed by atoms with Crippen molar-refractivity contribution in [2.45, 2.75) is 0 Å². The van der Waals surface area contributed by atoms with Crippen LogP contribution in [0.3, 0.4) is 0 Å². The number of halogens is 2. The first-order chi connectivity index (χ1) is 13.8. The number of hydrogen-bond donors (Lipinski definition) is 4. The molecule has 0 fully saturated rings. The number of fused-ring (bicyclic) bond motifs is 1. The SMILES string of the molecule is C=CCNC(=S)Nc1ccc2nc(Nc3c(Cl)cccc3Cl)n(C)c2c1C(N)=O. The molecule has 0 aliphatic rings. The molecule has 2 aromatic carbocycles. The lowest BCUT2D eigenvalue weighted by Gasteiger charge is -2.14. The van der Waals surface area contributed by atoms with Gasteiger partial charge in [-0.25, -0.2) is 4.98 Å². The molecule has 0 aliphatic heterocycles. The molecule has 1 heterocycles. The number of para-hydroxylation sites is 1. The molecule has 1 amide bonds. The lowest BCUT2D eigenvalue weighted by Crippen LogP contribution is -2.29. The zero-order valence-corrected chi connectivity index (χ0v) is 17.8. The molecular weight excluding hydrogens is 431 g/mol. The van der Waals surface area contributed by atoms with Crippen LogP contribution in [0, 0.1) is 0 Å². The number of nitrogens with zero attached hydrogens (tertiary/aromatic N) is 2. The number of aryl methyl sites for hydroxylation is 1. The first kappa shape index (κ1) is 20.9. The minimum Gasteiger partial charge on any atom is -0.365 e. The van der Waals surface area contributed by atoms with Gasteiger partial charge in [0, 0.05) is 13.6 Å². The molecule has 0 radical (unpaired) electrons. The molecule has 7 nitrogen and oxygen atoms in total. The summed E-state index contributed by atoms with van der Waals surface area (Å²) in [5, 5.41) is 10.3. The Morgan fingerprint density at radius 2 is 2.00 bits per heavy atom. The van der Waals surface area contributed by atoms with E-state index in [1.165, 1.54) is 0 Å². The van der Waals surface area contributed by atoms with Crippen molar-refractivity contribution in [3.63, 3.8) is 0 Å². The summed E-state index contributed by atoms with van der Waals surface area (Å²) in [5.41, 5.74) is 8.03. The van der Waals surface area contributed by atoms with Gasteiger partial charge >= 0.3 is 0 Å². The third kappa shape index (κ3) is 4.29. The Bertz CT molecular complexity index is 1110. The van der Waals surface area contributed by atoms with E-state index in [9.17, 15) is 4.79 Å². The predicted molar refractivity (Wildman–Crippen MR) is 123 cm³/mol. The summed E-state index contributed by atoms with van der Waals surface area (Å²) < 4.78 is 1.71. The summed E-state index contributed by atoms with van der Waals surface area (Å²) in [5.74, 6) is -0.169. The molecule has 0 unspecified atom stereocenters. The van der Waals surface area contributed by atoms with Crippen molar-refractivity contribution >= 4 is 74.8 Å². The normalized spacial score (nSPS) is 10.6. The summed E-state index contributed by atoms with van der Waals surface area (Å²) in [6, 6.07) is 8.64. The highest BCUT2D eigenvalue weighted by Crippen LogP contribution is 2.34. The van der Waals surface area contributed by atoms with Crippen molar-refractivity contribution in [3.05, 3.63) is 58.6 Å². The van der Waals surface area contributed by atoms with Crippen LogP contribution in [0.5, 0.6) is 0 Å². The number of rotatable bonds is 6. The van der Waals surface area contributed by atoms with Gasteiger partial charge < -0.3 is 26.3 Å². The second-order valence-electron chi connectivity index (χ2n) is 6.06. The van der Waals surface area contributed by atoms with E-state index in [0.29, 0.717) is 50.1 Å². The number of benzene rings is 2. The fourth-order valence-corrected chi connectivity index (χ4v) is 3.52. The number of thiocarbonyl (C=S) groups is 1. The number of carbonyl (C=O) groups is 1. The molecular formula is C19H18Cl2N6OS. The average molecular weight is 449 g/mol. The van der Waals surface area contributed by atoms with Crippen LogP contribution in [-0.4, -0.2) is 27.1 Å². The Kier molecular flexibility index (Phi) is 6.26. The van der Waals surface area contributed by atoms with Crippen LogP contribution in [0.25, 0.3) is 11.0 Å². The zero-order valence-electron chi connectivity index (χ0n) is 15.4. The van der Waals surface area contributed by atoms with Crippen LogP contribution in [0.1, 0.15) is 10.4 Å². The van der Waals surface area contributed by atoms with Crippen LogP contribution in [-0.2, 0) is 7.05 Å². The van der Waals surface area contributed by atoms with Gasteiger partial charge in [-0.3, -0.25) is 4.79 Å². The van der Waals surface area contributed by atoms with E-state index in [1.807, 2.05) is 0 Å². The first-order valence-electron chi connectivity index (χ1n) is 8.49. The Labute approximate surface area is 182 Å². The topological polar surface area (TPSA) is 97.0 Å². The quantitative estimate of drug-likeness (QED) is 0.333. The van der Waals surface area contributed by atoms with Crippen LogP contribution < -0.4 is 21.7 Å². The highest BCUT2D eigenvalue weighted by atomic mass is 35.5. The number of amides is 1. The Balaban J connectivity index is 2.07. The van der Waals surface area contributed by atoms with E-state index in [-0.39, 0.29) is 5.56 Å². The summed E-state index contributed by atoms with van der Waals surface area (Å²) in [6.45, 7) is 4.11. The minimum atomic E-state index is -0.616. The number of anilines is 3. The second kappa shape index (κ2) is 8.69. The molecule has 10 heteroatoms. The molecule has 0 atom stereocenters. The van der Waals surface area contributed by atoms with Crippen molar-refractivity contribution in [2.24, 2.45) is 12.8 Å². The molecule has 1 aromatic heterocycles. The first-order valence-corrected chi connectivity index (χ1v) is 9.66. The third-order valence-electron chi connectivity index (χ3n) is 4.14. The van der Waals surface area contributed by atoms with Crippen LogP contribution in [0.2, 0.25) is 10.0 Å². The van der Waals surface area contributed by atoms with Crippen molar-refractivity contribution in [3.8, 4) is 0 Å². The summed E-state index contributed by atoms with van der Waals surface area (Å²) in [6.07, 6.45) is 1.67. The van der Waals surface area contributed by atoms with Gasteiger partial charge in [-0.15, -0.1) is 6.58 Å². The highest BCUT2D eigenvalue weighted by Gasteiger charge is 2.20.